The van der Waals surface area contributed by atoms with E-state index in [2.05, 4.69) is 42.5 Å². The zero-order valence-corrected chi connectivity index (χ0v) is 10.3. The number of rotatable bonds is 3. The molecule has 0 saturated heterocycles. The van der Waals surface area contributed by atoms with Crippen molar-refractivity contribution in [1.82, 2.24) is 0 Å². The Kier molecular flexibility index (Phi) is 3.03. The van der Waals surface area contributed by atoms with Gasteiger partial charge in [0, 0.05) is 12.0 Å². The lowest BCUT2D eigenvalue weighted by molar-refractivity contribution is 0.225. The van der Waals surface area contributed by atoms with Crippen molar-refractivity contribution in [3.05, 3.63) is 54.1 Å². The minimum absolute atomic E-state index is 0.245. The molecule has 0 radical (unpaired) electrons. The van der Waals surface area contributed by atoms with Crippen LogP contribution in [0.4, 0.5) is 0 Å². The molecule has 1 heterocycles. The summed E-state index contributed by atoms with van der Waals surface area (Å²) in [4.78, 5) is 0. The lowest BCUT2D eigenvalue weighted by Gasteiger charge is -2.11. The molecule has 0 amide bonds. The highest BCUT2D eigenvalue weighted by Gasteiger charge is 2.24. The van der Waals surface area contributed by atoms with E-state index in [1.54, 1.807) is 0 Å². The topological polar surface area (TPSA) is 35.2 Å². The van der Waals surface area contributed by atoms with Crippen molar-refractivity contribution in [2.75, 3.05) is 6.54 Å². The van der Waals surface area contributed by atoms with Crippen LogP contribution >= 0.6 is 0 Å². The Balaban J connectivity index is 1.98. The molecule has 0 bridgehead atoms. The number of fused-ring (bicyclic) bond motifs is 1. The van der Waals surface area contributed by atoms with Gasteiger partial charge in [0.05, 0.1) is 0 Å². The summed E-state index contributed by atoms with van der Waals surface area (Å²) < 4.78 is 6.05. The summed E-state index contributed by atoms with van der Waals surface area (Å²) in [7, 11) is 0. The fourth-order valence-corrected chi connectivity index (χ4v) is 2.53. The van der Waals surface area contributed by atoms with Crippen LogP contribution in [0.25, 0.3) is 11.1 Å². The Morgan fingerprint density at radius 2 is 1.89 bits per heavy atom. The zero-order valence-electron chi connectivity index (χ0n) is 10.3. The van der Waals surface area contributed by atoms with Gasteiger partial charge in [0.25, 0.3) is 0 Å². The summed E-state index contributed by atoms with van der Waals surface area (Å²) in [5.41, 5.74) is 9.31. The second-order valence-corrected chi connectivity index (χ2v) is 4.68. The summed E-state index contributed by atoms with van der Waals surface area (Å²) in [6.07, 6.45) is 2.14. The number of para-hydroxylation sites is 1. The van der Waals surface area contributed by atoms with Gasteiger partial charge in [-0.2, -0.15) is 0 Å². The Hall–Kier alpha value is -1.80. The number of hydrogen-bond donors (Lipinski definition) is 1. The van der Waals surface area contributed by atoms with Crippen molar-refractivity contribution >= 4 is 0 Å². The Morgan fingerprint density at radius 3 is 2.67 bits per heavy atom. The molecule has 2 nitrogen and oxygen atoms in total. The van der Waals surface area contributed by atoms with Gasteiger partial charge < -0.3 is 10.5 Å². The van der Waals surface area contributed by atoms with E-state index in [-0.39, 0.29) is 6.10 Å². The smallest absolute Gasteiger partial charge is 0.130 e. The van der Waals surface area contributed by atoms with E-state index >= 15 is 0 Å². The SMILES string of the molecule is NCC[C@H]1Cc2cccc(-c3ccccc3)c2O1. The molecular weight excluding hydrogens is 222 g/mol. The molecule has 2 aromatic rings. The van der Waals surface area contributed by atoms with Crippen LogP contribution in [0.5, 0.6) is 5.75 Å². The largest absolute Gasteiger partial charge is 0.489 e. The normalized spacial score (nSPS) is 17.3. The van der Waals surface area contributed by atoms with Crippen LogP contribution in [0.3, 0.4) is 0 Å². The monoisotopic (exact) mass is 239 g/mol. The molecule has 3 rings (SSSR count). The summed E-state index contributed by atoms with van der Waals surface area (Å²) in [5, 5.41) is 0. The quantitative estimate of drug-likeness (QED) is 0.893. The molecule has 0 unspecified atom stereocenters. The van der Waals surface area contributed by atoms with E-state index in [0.717, 1.165) is 18.6 Å². The first-order chi connectivity index (χ1) is 8.88. The van der Waals surface area contributed by atoms with Crippen LogP contribution < -0.4 is 10.5 Å². The first-order valence-corrected chi connectivity index (χ1v) is 6.42. The third-order valence-corrected chi connectivity index (χ3v) is 3.40. The molecule has 2 aromatic carbocycles. The molecule has 1 aliphatic rings. The van der Waals surface area contributed by atoms with E-state index in [1.165, 1.54) is 16.7 Å². The third-order valence-electron chi connectivity index (χ3n) is 3.40. The van der Waals surface area contributed by atoms with Gasteiger partial charge in [-0.25, -0.2) is 0 Å². The van der Waals surface area contributed by atoms with Crippen LogP contribution in [0.1, 0.15) is 12.0 Å². The maximum Gasteiger partial charge on any atom is 0.130 e. The summed E-state index contributed by atoms with van der Waals surface area (Å²) in [6.45, 7) is 0.680. The van der Waals surface area contributed by atoms with Gasteiger partial charge in [-0.15, -0.1) is 0 Å². The first kappa shape index (κ1) is 11.3. The van der Waals surface area contributed by atoms with Crippen LogP contribution in [0.2, 0.25) is 0 Å². The second kappa shape index (κ2) is 4.83. The zero-order chi connectivity index (χ0) is 12.4. The maximum absolute atomic E-state index is 6.05. The minimum atomic E-state index is 0.245. The van der Waals surface area contributed by atoms with Crippen molar-refractivity contribution in [2.45, 2.75) is 18.9 Å². The molecule has 0 aromatic heterocycles. The standard InChI is InChI=1S/C16H17NO/c17-10-9-14-11-13-7-4-8-15(16(13)18-14)12-5-2-1-3-6-12/h1-8,14H,9-11,17H2/t14-/m0/s1. The molecule has 0 saturated carbocycles. The highest BCUT2D eigenvalue weighted by molar-refractivity contribution is 5.72. The molecule has 0 aliphatic carbocycles. The van der Waals surface area contributed by atoms with Gasteiger partial charge in [0.1, 0.15) is 11.9 Å². The van der Waals surface area contributed by atoms with Gasteiger partial charge in [-0.1, -0.05) is 48.5 Å². The summed E-state index contributed by atoms with van der Waals surface area (Å²) in [6, 6.07) is 16.8. The van der Waals surface area contributed by atoms with Crippen molar-refractivity contribution in [1.29, 1.82) is 0 Å². The highest BCUT2D eigenvalue weighted by atomic mass is 16.5. The predicted octanol–water partition coefficient (Wildman–Crippen LogP) is 3.01. The van der Waals surface area contributed by atoms with Gasteiger partial charge in [-0.05, 0) is 24.1 Å². The van der Waals surface area contributed by atoms with E-state index in [1.807, 2.05) is 6.07 Å². The van der Waals surface area contributed by atoms with Crippen molar-refractivity contribution in [2.24, 2.45) is 5.73 Å². The summed E-state index contributed by atoms with van der Waals surface area (Å²) in [5.74, 6) is 1.04. The van der Waals surface area contributed by atoms with E-state index < -0.39 is 0 Å². The molecule has 1 atom stereocenters. The summed E-state index contributed by atoms with van der Waals surface area (Å²) >= 11 is 0. The van der Waals surface area contributed by atoms with E-state index in [0.29, 0.717) is 6.54 Å². The fourth-order valence-electron chi connectivity index (χ4n) is 2.53. The van der Waals surface area contributed by atoms with Crippen molar-refractivity contribution in [3.63, 3.8) is 0 Å². The van der Waals surface area contributed by atoms with Gasteiger partial charge in [0.15, 0.2) is 0 Å². The molecule has 92 valence electrons. The van der Waals surface area contributed by atoms with Crippen molar-refractivity contribution < 1.29 is 4.74 Å². The first-order valence-electron chi connectivity index (χ1n) is 6.42. The average Bonchev–Trinajstić information content (AvgIpc) is 2.82. The Morgan fingerprint density at radius 1 is 1.06 bits per heavy atom. The maximum atomic E-state index is 6.05. The molecule has 0 spiro atoms. The highest BCUT2D eigenvalue weighted by Crippen LogP contribution is 2.39. The second-order valence-electron chi connectivity index (χ2n) is 4.68. The van der Waals surface area contributed by atoms with Gasteiger partial charge >= 0.3 is 0 Å². The minimum Gasteiger partial charge on any atom is -0.489 e. The number of hydrogen-bond acceptors (Lipinski definition) is 2. The van der Waals surface area contributed by atoms with E-state index in [4.69, 9.17) is 10.5 Å². The lowest BCUT2D eigenvalue weighted by Crippen LogP contribution is -2.17. The Labute approximate surface area is 107 Å². The van der Waals surface area contributed by atoms with Crippen molar-refractivity contribution in [3.8, 4) is 16.9 Å². The lowest BCUT2D eigenvalue weighted by atomic mass is 10.0. The average molecular weight is 239 g/mol. The Bertz CT molecular complexity index is 536. The van der Waals surface area contributed by atoms with Crippen LogP contribution in [-0.2, 0) is 6.42 Å². The molecular formula is C16H17NO. The van der Waals surface area contributed by atoms with Crippen LogP contribution in [0.15, 0.2) is 48.5 Å². The number of benzene rings is 2. The van der Waals surface area contributed by atoms with Gasteiger partial charge in [-0.3, -0.25) is 0 Å². The fraction of sp³-hybridized carbons (Fsp3) is 0.250. The molecule has 2 heteroatoms. The third kappa shape index (κ3) is 2.00. The molecule has 18 heavy (non-hydrogen) atoms. The van der Waals surface area contributed by atoms with E-state index in [9.17, 15) is 0 Å². The molecule has 0 fully saturated rings. The molecule has 1 aliphatic heterocycles. The van der Waals surface area contributed by atoms with Crippen LogP contribution in [-0.4, -0.2) is 12.6 Å². The molecule has 2 N–H and O–H groups in total. The predicted molar refractivity (Wildman–Crippen MR) is 73.7 cm³/mol. The number of ether oxygens (including phenoxy) is 1. The number of nitrogens with two attached hydrogens (primary N) is 1. The van der Waals surface area contributed by atoms with Crippen LogP contribution in [0, 0.1) is 0 Å². The van der Waals surface area contributed by atoms with Gasteiger partial charge in [0.2, 0.25) is 0 Å².